The maximum absolute atomic E-state index is 5.39. The smallest absolute Gasteiger partial charge is 0.127 e. The van der Waals surface area contributed by atoms with Crippen molar-refractivity contribution in [1.29, 1.82) is 0 Å². The molecule has 96 valence electrons. The molecular formula is C14H18N2OS. The first kappa shape index (κ1) is 12.9. The zero-order valence-corrected chi connectivity index (χ0v) is 12.0. The molecule has 1 heterocycles. The number of ether oxygens (including phenoxy) is 1. The molecule has 0 atom stereocenters. The lowest BCUT2D eigenvalue weighted by Crippen LogP contribution is -2.12. The van der Waals surface area contributed by atoms with Gasteiger partial charge in [0.2, 0.25) is 0 Å². The molecule has 0 aliphatic heterocycles. The highest BCUT2D eigenvalue weighted by Crippen LogP contribution is 2.23. The van der Waals surface area contributed by atoms with E-state index in [4.69, 9.17) is 17.0 Å². The van der Waals surface area contributed by atoms with Gasteiger partial charge in [0.15, 0.2) is 0 Å². The Bertz CT molecular complexity index is 605. The van der Waals surface area contributed by atoms with E-state index in [0.717, 1.165) is 21.8 Å². The van der Waals surface area contributed by atoms with Gasteiger partial charge in [-0.15, -0.1) is 0 Å². The van der Waals surface area contributed by atoms with E-state index in [1.54, 1.807) is 7.11 Å². The SMILES string of the molecule is COc1cccc(-n2[nH]c(C(C)(C)C)cc2=S)c1. The Balaban J connectivity index is 2.51. The minimum Gasteiger partial charge on any atom is -0.497 e. The molecule has 0 saturated heterocycles. The third kappa shape index (κ3) is 2.48. The number of hydrogen-bond acceptors (Lipinski definition) is 2. The first-order valence-electron chi connectivity index (χ1n) is 5.89. The Kier molecular flexibility index (Phi) is 3.30. The molecule has 1 aromatic heterocycles. The van der Waals surface area contributed by atoms with E-state index in [-0.39, 0.29) is 5.41 Å². The van der Waals surface area contributed by atoms with E-state index in [2.05, 4.69) is 25.9 Å². The monoisotopic (exact) mass is 262 g/mol. The van der Waals surface area contributed by atoms with Gasteiger partial charge in [0.25, 0.3) is 0 Å². The summed E-state index contributed by atoms with van der Waals surface area (Å²) in [6.07, 6.45) is 0. The van der Waals surface area contributed by atoms with Crippen LogP contribution in [-0.4, -0.2) is 16.9 Å². The fraction of sp³-hybridized carbons (Fsp3) is 0.357. The number of nitrogens with one attached hydrogen (secondary N) is 1. The Morgan fingerprint density at radius 2 is 1.94 bits per heavy atom. The molecule has 0 bridgehead atoms. The Hall–Kier alpha value is -1.55. The summed E-state index contributed by atoms with van der Waals surface area (Å²) in [5, 5.41) is 3.35. The van der Waals surface area contributed by atoms with Gasteiger partial charge in [-0.25, -0.2) is 4.68 Å². The van der Waals surface area contributed by atoms with E-state index < -0.39 is 0 Å². The fourth-order valence-corrected chi connectivity index (χ4v) is 1.99. The molecule has 18 heavy (non-hydrogen) atoms. The number of H-pyrrole nitrogens is 1. The summed E-state index contributed by atoms with van der Waals surface area (Å²) in [6, 6.07) is 9.84. The van der Waals surface area contributed by atoms with Gasteiger partial charge in [0, 0.05) is 17.2 Å². The maximum Gasteiger partial charge on any atom is 0.127 e. The summed E-state index contributed by atoms with van der Waals surface area (Å²) in [5.41, 5.74) is 2.16. The summed E-state index contributed by atoms with van der Waals surface area (Å²) >= 11 is 5.39. The second-order valence-corrected chi connectivity index (χ2v) is 5.71. The lowest BCUT2D eigenvalue weighted by Gasteiger charge is -2.15. The molecule has 0 aliphatic rings. The van der Waals surface area contributed by atoms with E-state index >= 15 is 0 Å². The van der Waals surface area contributed by atoms with E-state index in [9.17, 15) is 0 Å². The van der Waals surface area contributed by atoms with Crippen LogP contribution in [0.25, 0.3) is 5.69 Å². The fourth-order valence-electron chi connectivity index (χ4n) is 1.72. The van der Waals surface area contributed by atoms with Crippen LogP contribution in [0.1, 0.15) is 26.5 Å². The first-order chi connectivity index (χ1) is 8.41. The molecule has 0 aliphatic carbocycles. The molecule has 0 saturated carbocycles. The molecule has 0 unspecified atom stereocenters. The summed E-state index contributed by atoms with van der Waals surface area (Å²) in [7, 11) is 1.66. The number of hydrogen-bond donors (Lipinski definition) is 1. The average Bonchev–Trinajstić information content (AvgIpc) is 2.71. The predicted octanol–water partition coefficient (Wildman–Crippen LogP) is 3.84. The number of rotatable bonds is 2. The lowest BCUT2D eigenvalue weighted by molar-refractivity contribution is 0.414. The standard InChI is InChI=1S/C14H18N2OS/c1-14(2,3)12-9-13(18)16(15-12)10-6-5-7-11(8-10)17-4/h5-9,15H,1-4H3. The maximum atomic E-state index is 5.39. The first-order valence-corrected chi connectivity index (χ1v) is 6.29. The molecule has 0 amide bonds. The Morgan fingerprint density at radius 1 is 1.22 bits per heavy atom. The van der Waals surface area contributed by atoms with Crippen LogP contribution in [0.15, 0.2) is 30.3 Å². The average molecular weight is 262 g/mol. The van der Waals surface area contributed by atoms with Gasteiger partial charge in [-0.05, 0) is 18.2 Å². The van der Waals surface area contributed by atoms with Gasteiger partial charge in [0.05, 0.1) is 12.8 Å². The second kappa shape index (κ2) is 4.61. The predicted molar refractivity (Wildman–Crippen MR) is 76.2 cm³/mol. The molecule has 1 N–H and O–H groups in total. The van der Waals surface area contributed by atoms with Crippen LogP contribution in [0, 0.1) is 4.64 Å². The summed E-state index contributed by atoms with van der Waals surface area (Å²) < 4.78 is 7.90. The number of benzene rings is 1. The molecule has 0 spiro atoms. The van der Waals surface area contributed by atoms with Crippen molar-refractivity contribution in [3.8, 4) is 11.4 Å². The van der Waals surface area contributed by atoms with Crippen molar-refractivity contribution >= 4 is 12.2 Å². The van der Waals surface area contributed by atoms with Gasteiger partial charge >= 0.3 is 0 Å². The highest BCUT2D eigenvalue weighted by atomic mass is 32.1. The zero-order valence-electron chi connectivity index (χ0n) is 11.2. The van der Waals surface area contributed by atoms with Crippen LogP contribution in [0.2, 0.25) is 0 Å². The Morgan fingerprint density at radius 3 is 2.50 bits per heavy atom. The van der Waals surface area contributed by atoms with Crippen molar-refractivity contribution in [2.24, 2.45) is 0 Å². The van der Waals surface area contributed by atoms with E-state index in [0.29, 0.717) is 0 Å². The van der Waals surface area contributed by atoms with Crippen molar-refractivity contribution in [2.75, 3.05) is 7.11 Å². The highest BCUT2D eigenvalue weighted by molar-refractivity contribution is 7.71. The van der Waals surface area contributed by atoms with Gasteiger partial charge in [-0.1, -0.05) is 39.1 Å². The number of methoxy groups -OCH3 is 1. The minimum atomic E-state index is 0.0533. The zero-order chi connectivity index (χ0) is 13.3. The van der Waals surface area contributed by atoms with Gasteiger partial charge in [0.1, 0.15) is 10.4 Å². The number of nitrogens with zero attached hydrogens (tertiary/aromatic N) is 1. The summed E-state index contributed by atoms with van der Waals surface area (Å²) in [5.74, 6) is 0.821. The van der Waals surface area contributed by atoms with Crippen LogP contribution >= 0.6 is 12.2 Å². The number of aromatic nitrogens is 2. The molecule has 0 fully saturated rings. The molecule has 2 rings (SSSR count). The highest BCUT2D eigenvalue weighted by Gasteiger charge is 2.16. The van der Waals surface area contributed by atoms with Crippen molar-refractivity contribution in [3.05, 3.63) is 40.7 Å². The van der Waals surface area contributed by atoms with Gasteiger partial charge in [-0.3, -0.25) is 5.10 Å². The van der Waals surface area contributed by atoms with Crippen LogP contribution in [0.3, 0.4) is 0 Å². The van der Waals surface area contributed by atoms with Crippen molar-refractivity contribution in [1.82, 2.24) is 9.78 Å². The van der Waals surface area contributed by atoms with Crippen molar-refractivity contribution in [2.45, 2.75) is 26.2 Å². The molecule has 0 radical (unpaired) electrons. The molecule has 1 aromatic carbocycles. The van der Waals surface area contributed by atoms with Crippen molar-refractivity contribution < 1.29 is 4.74 Å². The van der Waals surface area contributed by atoms with E-state index in [1.807, 2.05) is 35.0 Å². The van der Waals surface area contributed by atoms with Crippen LogP contribution in [0.4, 0.5) is 0 Å². The normalized spacial score (nSPS) is 11.6. The number of aromatic amines is 1. The quantitative estimate of drug-likeness (QED) is 0.833. The second-order valence-electron chi connectivity index (χ2n) is 5.29. The minimum absolute atomic E-state index is 0.0533. The molecular weight excluding hydrogens is 244 g/mol. The molecule has 3 nitrogen and oxygen atoms in total. The van der Waals surface area contributed by atoms with Crippen LogP contribution in [0.5, 0.6) is 5.75 Å². The van der Waals surface area contributed by atoms with Gasteiger partial charge in [-0.2, -0.15) is 0 Å². The largest absolute Gasteiger partial charge is 0.497 e. The summed E-state index contributed by atoms with van der Waals surface area (Å²) in [6.45, 7) is 6.47. The van der Waals surface area contributed by atoms with Crippen molar-refractivity contribution in [3.63, 3.8) is 0 Å². The third-order valence-electron chi connectivity index (χ3n) is 2.84. The molecule has 2 aromatic rings. The third-order valence-corrected chi connectivity index (χ3v) is 3.14. The van der Waals surface area contributed by atoms with Crippen LogP contribution < -0.4 is 4.74 Å². The molecule has 4 heteroatoms. The van der Waals surface area contributed by atoms with Gasteiger partial charge < -0.3 is 4.74 Å². The Labute approximate surface area is 112 Å². The van der Waals surface area contributed by atoms with E-state index in [1.165, 1.54) is 0 Å². The topological polar surface area (TPSA) is 29.9 Å². The summed E-state index contributed by atoms with van der Waals surface area (Å²) in [4.78, 5) is 0. The lowest BCUT2D eigenvalue weighted by atomic mass is 9.93. The van der Waals surface area contributed by atoms with Crippen LogP contribution in [-0.2, 0) is 5.41 Å².